The third-order valence-corrected chi connectivity index (χ3v) is 5.30. The largest absolute Gasteiger partial charge is 0.318 e. The van der Waals surface area contributed by atoms with Crippen LogP contribution in [0.5, 0.6) is 0 Å². The summed E-state index contributed by atoms with van der Waals surface area (Å²) in [6.45, 7) is 4.99. The van der Waals surface area contributed by atoms with Crippen molar-refractivity contribution in [1.82, 2.24) is 24.9 Å². The maximum atomic E-state index is 12.8. The second-order valence-electron chi connectivity index (χ2n) is 7.71. The standard InChI is InChI=1S/C22H26N6O/c1-15-9-10-18-20(15)21(26-25-18)22(29)24-17-13-23-28(14-17)19(11-12-27(2)3)16-7-5-4-6-8-16/h4-8,13-14,19H,1,9-12H2,2-3H3,(H,24,29)(H,25,26). The van der Waals surface area contributed by atoms with Crippen LogP contribution in [0.4, 0.5) is 5.69 Å². The van der Waals surface area contributed by atoms with E-state index in [4.69, 9.17) is 0 Å². The van der Waals surface area contributed by atoms with Crippen molar-refractivity contribution in [3.63, 3.8) is 0 Å². The molecule has 3 aromatic rings. The van der Waals surface area contributed by atoms with Crippen LogP contribution in [0.25, 0.3) is 5.57 Å². The van der Waals surface area contributed by atoms with Gasteiger partial charge in [-0.15, -0.1) is 0 Å². The first-order valence-electron chi connectivity index (χ1n) is 9.83. The molecule has 29 heavy (non-hydrogen) atoms. The van der Waals surface area contributed by atoms with E-state index in [1.807, 2.05) is 29.1 Å². The van der Waals surface area contributed by atoms with E-state index in [0.29, 0.717) is 11.4 Å². The summed E-state index contributed by atoms with van der Waals surface area (Å²) >= 11 is 0. The highest BCUT2D eigenvalue weighted by Crippen LogP contribution is 2.32. The van der Waals surface area contributed by atoms with Crippen molar-refractivity contribution in [1.29, 1.82) is 0 Å². The lowest BCUT2D eigenvalue weighted by atomic mass is 10.0. The first kappa shape index (κ1) is 19.1. The highest BCUT2D eigenvalue weighted by atomic mass is 16.2. The van der Waals surface area contributed by atoms with Crippen molar-refractivity contribution >= 4 is 17.2 Å². The third-order valence-electron chi connectivity index (χ3n) is 5.30. The van der Waals surface area contributed by atoms with Gasteiger partial charge in [0.2, 0.25) is 0 Å². The third kappa shape index (κ3) is 4.00. The summed E-state index contributed by atoms with van der Waals surface area (Å²) < 4.78 is 1.92. The summed E-state index contributed by atoms with van der Waals surface area (Å²) in [6, 6.07) is 10.4. The molecule has 7 heteroatoms. The molecule has 0 spiro atoms. The van der Waals surface area contributed by atoms with Crippen molar-refractivity contribution in [2.75, 3.05) is 26.0 Å². The second kappa shape index (κ2) is 8.05. The van der Waals surface area contributed by atoms with Gasteiger partial charge in [0, 0.05) is 17.5 Å². The van der Waals surface area contributed by atoms with Gasteiger partial charge in [0.05, 0.1) is 17.9 Å². The molecule has 1 atom stereocenters. The lowest BCUT2D eigenvalue weighted by molar-refractivity contribution is 0.102. The van der Waals surface area contributed by atoms with Crippen molar-refractivity contribution in [2.45, 2.75) is 25.3 Å². The molecule has 1 aliphatic carbocycles. The molecule has 1 unspecified atom stereocenters. The Hall–Kier alpha value is -3.19. The molecule has 0 saturated heterocycles. The Balaban J connectivity index is 1.53. The molecule has 0 aliphatic heterocycles. The molecule has 1 aromatic carbocycles. The molecule has 4 rings (SSSR count). The minimum absolute atomic E-state index is 0.0960. The molecule has 2 heterocycles. The van der Waals surface area contributed by atoms with Crippen LogP contribution < -0.4 is 5.32 Å². The van der Waals surface area contributed by atoms with Gasteiger partial charge in [0.25, 0.3) is 5.91 Å². The van der Waals surface area contributed by atoms with Gasteiger partial charge in [0.1, 0.15) is 0 Å². The summed E-state index contributed by atoms with van der Waals surface area (Å²) in [5.74, 6) is -0.241. The van der Waals surface area contributed by atoms with Gasteiger partial charge in [-0.25, -0.2) is 0 Å². The average Bonchev–Trinajstić information content (AvgIpc) is 3.41. The van der Waals surface area contributed by atoms with Gasteiger partial charge < -0.3 is 10.2 Å². The number of nitrogens with zero attached hydrogens (tertiary/aromatic N) is 4. The first-order valence-corrected chi connectivity index (χ1v) is 9.83. The lowest BCUT2D eigenvalue weighted by Gasteiger charge is -2.20. The molecule has 7 nitrogen and oxygen atoms in total. The fraction of sp³-hybridized carbons (Fsp3) is 0.318. The van der Waals surface area contributed by atoms with Gasteiger partial charge in [-0.1, -0.05) is 36.9 Å². The van der Waals surface area contributed by atoms with E-state index in [1.165, 1.54) is 5.56 Å². The van der Waals surface area contributed by atoms with Gasteiger partial charge in [-0.2, -0.15) is 10.2 Å². The Labute approximate surface area is 170 Å². The molecular formula is C22H26N6O. The average molecular weight is 390 g/mol. The van der Waals surface area contributed by atoms with Crippen molar-refractivity contribution in [3.8, 4) is 0 Å². The van der Waals surface area contributed by atoms with E-state index < -0.39 is 0 Å². The van der Waals surface area contributed by atoms with Crippen molar-refractivity contribution < 1.29 is 4.79 Å². The molecule has 2 N–H and O–H groups in total. The first-order chi connectivity index (χ1) is 14.0. The van der Waals surface area contributed by atoms with Crippen LogP contribution in [0.2, 0.25) is 0 Å². The second-order valence-corrected chi connectivity index (χ2v) is 7.71. The number of allylic oxidation sites excluding steroid dienone is 1. The normalized spacial score (nSPS) is 14.2. The van der Waals surface area contributed by atoms with Crippen LogP contribution in [0.15, 0.2) is 49.3 Å². The Morgan fingerprint density at radius 3 is 2.86 bits per heavy atom. The molecule has 1 amide bonds. The number of H-pyrrole nitrogens is 1. The van der Waals surface area contributed by atoms with E-state index in [0.717, 1.165) is 42.6 Å². The number of aromatic amines is 1. The van der Waals surface area contributed by atoms with Crippen molar-refractivity contribution in [3.05, 3.63) is 71.8 Å². The maximum absolute atomic E-state index is 12.8. The van der Waals surface area contributed by atoms with E-state index in [2.05, 4.69) is 58.3 Å². The molecule has 0 bridgehead atoms. The van der Waals surface area contributed by atoms with E-state index >= 15 is 0 Å². The minimum atomic E-state index is -0.241. The van der Waals surface area contributed by atoms with Gasteiger partial charge >= 0.3 is 0 Å². The molecule has 150 valence electrons. The van der Waals surface area contributed by atoms with E-state index in [9.17, 15) is 4.79 Å². The van der Waals surface area contributed by atoms with Gasteiger partial charge in [-0.05, 0) is 51.0 Å². The van der Waals surface area contributed by atoms with E-state index in [1.54, 1.807) is 6.20 Å². The van der Waals surface area contributed by atoms with Gasteiger partial charge in [0.15, 0.2) is 5.69 Å². The summed E-state index contributed by atoms with van der Waals surface area (Å²) in [6.07, 6.45) is 6.21. The SMILES string of the molecule is C=C1CCc2[nH]nc(C(=O)Nc3cnn(C(CCN(C)C)c4ccccc4)c3)c21. The zero-order chi connectivity index (χ0) is 20.4. The molecule has 0 saturated carbocycles. The number of fused-ring (bicyclic) bond motifs is 1. The fourth-order valence-corrected chi connectivity index (χ4v) is 3.78. The van der Waals surface area contributed by atoms with Crippen LogP contribution >= 0.6 is 0 Å². The lowest BCUT2D eigenvalue weighted by Crippen LogP contribution is -2.20. The maximum Gasteiger partial charge on any atom is 0.276 e. The number of hydrogen-bond acceptors (Lipinski definition) is 4. The summed E-state index contributed by atoms with van der Waals surface area (Å²) in [4.78, 5) is 14.9. The quantitative estimate of drug-likeness (QED) is 0.648. The zero-order valence-electron chi connectivity index (χ0n) is 16.9. The highest BCUT2D eigenvalue weighted by Gasteiger charge is 2.26. The van der Waals surface area contributed by atoms with Crippen molar-refractivity contribution in [2.24, 2.45) is 0 Å². The Bertz CT molecular complexity index is 1020. The molecule has 0 radical (unpaired) electrons. The van der Waals surface area contributed by atoms with Crippen LogP contribution in [-0.2, 0) is 6.42 Å². The topological polar surface area (TPSA) is 78.8 Å². The van der Waals surface area contributed by atoms with Crippen LogP contribution in [0.1, 0.15) is 46.2 Å². The minimum Gasteiger partial charge on any atom is -0.318 e. The monoisotopic (exact) mass is 390 g/mol. The Morgan fingerprint density at radius 2 is 2.10 bits per heavy atom. The van der Waals surface area contributed by atoms with E-state index in [-0.39, 0.29) is 11.9 Å². The number of carbonyl (C=O) groups excluding carboxylic acids is 1. The fourth-order valence-electron chi connectivity index (χ4n) is 3.78. The predicted molar refractivity (Wildman–Crippen MR) is 114 cm³/mol. The van der Waals surface area contributed by atoms with Gasteiger partial charge in [-0.3, -0.25) is 14.6 Å². The molecule has 2 aromatic heterocycles. The number of anilines is 1. The van der Waals surface area contributed by atoms with Crippen LogP contribution in [-0.4, -0.2) is 51.4 Å². The van der Waals surface area contributed by atoms with Crippen LogP contribution in [0, 0.1) is 0 Å². The zero-order valence-corrected chi connectivity index (χ0v) is 16.9. The molecule has 1 aliphatic rings. The number of nitrogens with one attached hydrogen (secondary N) is 2. The number of amides is 1. The number of benzene rings is 1. The number of aromatic nitrogens is 4. The Kier molecular flexibility index (Phi) is 5.31. The number of aryl methyl sites for hydroxylation is 1. The number of hydrogen-bond donors (Lipinski definition) is 2. The predicted octanol–water partition coefficient (Wildman–Crippen LogP) is 3.36. The Morgan fingerprint density at radius 1 is 1.31 bits per heavy atom. The molecular weight excluding hydrogens is 364 g/mol. The number of rotatable bonds is 7. The molecule has 0 fully saturated rings. The summed E-state index contributed by atoms with van der Waals surface area (Å²) in [5.41, 5.74) is 5.06. The smallest absolute Gasteiger partial charge is 0.276 e. The van der Waals surface area contributed by atoms with Crippen LogP contribution in [0.3, 0.4) is 0 Å². The number of carbonyl (C=O) groups is 1. The summed E-state index contributed by atoms with van der Waals surface area (Å²) in [5, 5.41) is 14.6. The highest BCUT2D eigenvalue weighted by molar-refractivity contribution is 6.06. The summed E-state index contributed by atoms with van der Waals surface area (Å²) in [7, 11) is 4.12.